The summed E-state index contributed by atoms with van der Waals surface area (Å²) in [6, 6.07) is 13.9. The number of ether oxygens (including phenoxy) is 2. The van der Waals surface area contributed by atoms with Crippen molar-refractivity contribution in [2.75, 3.05) is 27.8 Å². The van der Waals surface area contributed by atoms with Gasteiger partial charge in [-0.2, -0.15) is 0 Å². The number of hydrogen-bond acceptors (Lipinski definition) is 7. The van der Waals surface area contributed by atoms with E-state index in [0.717, 1.165) is 49.5 Å². The van der Waals surface area contributed by atoms with Crippen molar-refractivity contribution in [3.63, 3.8) is 0 Å². The third kappa shape index (κ3) is 5.74. The standard InChI is InChI=1S/C31H33N3O5S/c1-31(2,3)27-18-40-30(32-27)26-12-20-11-19(7-10-25(20)39-26)15-34-16-21(13-29(36)37-6)23-14-22(8-9-24(23)34)38-17-28(35)33(4)5/h7-12,14,16,18H,13,15,17H2,1-6H3. The van der Waals surface area contributed by atoms with Gasteiger partial charge in [0.2, 0.25) is 0 Å². The summed E-state index contributed by atoms with van der Waals surface area (Å²) >= 11 is 1.59. The molecule has 5 rings (SSSR count). The summed E-state index contributed by atoms with van der Waals surface area (Å²) in [5.74, 6) is 0.877. The fourth-order valence-corrected chi connectivity index (χ4v) is 5.44. The molecule has 0 aliphatic heterocycles. The van der Waals surface area contributed by atoms with E-state index in [4.69, 9.17) is 18.9 Å². The summed E-state index contributed by atoms with van der Waals surface area (Å²) in [5.41, 5.74) is 4.72. The maximum absolute atomic E-state index is 12.2. The van der Waals surface area contributed by atoms with Crippen LogP contribution in [0.4, 0.5) is 0 Å². The Balaban J connectivity index is 1.44. The number of carbonyl (C=O) groups is 2. The first-order valence-corrected chi connectivity index (χ1v) is 13.9. The van der Waals surface area contributed by atoms with Crippen molar-refractivity contribution in [1.29, 1.82) is 0 Å². The Morgan fingerprint density at radius 3 is 2.60 bits per heavy atom. The summed E-state index contributed by atoms with van der Waals surface area (Å²) in [4.78, 5) is 30.4. The molecule has 0 spiro atoms. The number of carbonyl (C=O) groups excluding carboxylic acids is 2. The molecule has 0 radical (unpaired) electrons. The Morgan fingerprint density at radius 2 is 1.90 bits per heavy atom. The monoisotopic (exact) mass is 559 g/mol. The fourth-order valence-electron chi connectivity index (χ4n) is 4.44. The van der Waals surface area contributed by atoms with E-state index in [2.05, 4.69) is 36.8 Å². The molecule has 0 unspecified atom stereocenters. The highest BCUT2D eigenvalue weighted by Crippen LogP contribution is 2.34. The fraction of sp³-hybridized carbons (Fsp3) is 0.323. The molecule has 1 amide bonds. The second-order valence-corrected chi connectivity index (χ2v) is 11.9. The molecule has 0 N–H and O–H groups in total. The largest absolute Gasteiger partial charge is 0.484 e. The number of methoxy groups -OCH3 is 1. The van der Waals surface area contributed by atoms with Gasteiger partial charge in [0, 0.05) is 53.9 Å². The smallest absolute Gasteiger partial charge is 0.310 e. The molecule has 40 heavy (non-hydrogen) atoms. The number of thiazole rings is 1. The van der Waals surface area contributed by atoms with Gasteiger partial charge in [0.25, 0.3) is 5.91 Å². The molecular weight excluding hydrogens is 526 g/mol. The van der Waals surface area contributed by atoms with E-state index >= 15 is 0 Å². The summed E-state index contributed by atoms with van der Waals surface area (Å²) in [7, 11) is 4.76. The Hall–Kier alpha value is -4.11. The molecule has 0 bridgehead atoms. The quantitative estimate of drug-likeness (QED) is 0.216. The molecule has 9 heteroatoms. The maximum Gasteiger partial charge on any atom is 0.310 e. The van der Waals surface area contributed by atoms with Crippen molar-refractivity contribution in [1.82, 2.24) is 14.5 Å². The van der Waals surface area contributed by atoms with Crippen LogP contribution in [-0.4, -0.2) is 54.1 Å². The van der Waals surface area contributed by atoms with Crippen LogP contribution in [0.25, 0.3) is 32.6 Å². The van der Waals surface area contributed by atoms with Crippen molar-refractivity contribution in [3.8, 4) is 16.5 Å². The normalized spacial score (nSPS) is 11.8. The number of hydrogen-bond donors (Lipinski definition) is 0. The van der Waals surface area contributed by atoms with Crippen LogP contribution in [0.2, 0.25) is 0 Å². The van der Waals surface area contributed by atoms with E-state index in [1.54, 1.807) is 25.4 Å². The van der Waals surface area contributed by atoms with Gasteiger partial charge in [0.15, 0.2) is 17.4 Å². The van der Waals surface area contributed by atoms with Crippen LogP contribution < -0.4 is 4.74 Å². The SMILES string of the molecule is COC(=O)Cc1cn(Cc2ccc3oc(-c4nc(C(C)(C)C)cs4)cc3c2)c2ccc(OCC(=O)N(C)C)cc12. The molecule has 0 saturated heterocycles. The van der Waals surface area contributed by atoms with E-state index < -0.39 is 0 Å². The Labute approximate surface area is 237 Å². The minimum atomic E-state index is -0.322. The van der Waals surface area contributed by atoms with Gasteiger partial charge >= 0.3 is 5.97 Å². The van der Waals surface area contributed by atoms with Crippen LogP contribution >= 0.6 is 11.3 Å². The van der Waals surface area contributed by atoms with Crippen molar-refractivity contribution in [2.24, 2.45) is 0 Å². The van der Waals surface area contributed by atoms with Crippen molar-refractivity contribution in [3.05, 3.63) is 70.9 Å². The minimum absolute atomic E-state index is 0.0171. The predicted octanol–water partition coefficient (Wildman–Crippen LogP) is 6.04. The zero-order chi connectivity index (χ0) is 28.6. The van der Waals surface area contributed by atoms with Crippen LogP contribution in [0, 0.1) is 0 Å². The summed E-state index contributed by atoms with van der Waals surface area (Å²) < 4.78 is 18.9. The number of benzene rings is 2. The topological polar surface area (TPSA) is 86.8 Å². The minimum Gasteiger partial charge on any atom is -0.484 e. The lowest BCUT2D eigenvalue weighted by atomic mass is 9.93. The average Bonchev–Trinajstić information content (AvgIpc) is 3.64. The first-order chi connectivity index (χ1) is 19.0. The summed E-state index contributed by atoms with van der Waals surface area (Å²) in [6.45, 7) is 6.99. The van der Waals surface area contributed by atoms with Gasteiger partial charge in [0.1, 0.15) is 11.3 Å². The van der Waals surface area contributed by atoms with E-state index in [0.29, 0.717) is 12.3 Å². The Bertz CT molecular complexity index is 1700. The zero-order valence-electron chi connectivity index (χ0n) is 23.6. The molecular formula is C31H33N3O5S. The van der Waals surface area contributed by atoms with Gasteiger partial charge in [0.05, 0.1) is 19.2 Å². The van der Waals surface area contributed by atoms with Gasteiger partial charge in [-0.3, -0.25) is 9.59 Å². The number of nitrogens with zero attached hydrogens (tertiary/aromatic N) is 3. The second-order valence-electron chi connectivity index (χ2n) is 11.1. The molecule has 0 aliphatic rings. The lowest BCUT2D eigenvalue weighted by Crippen LogP contribution is -2.27. The van der Waals surface area contributed by atoms with Gasteiger partial charge in [-0.05, 0) is 47.5 Å². The van der Waals surface area contributed by atoms with Gasteiger partial charge < -0.3 is 23.4 Å². The molecule has 0 aliphatic carbocycles. The van der Waals surface area contributed by atoms with Crippen LogP contribution in [0.5, 0.6) is 5.75 Å². The number of likely N-dealkylation sites (N-methyl/N-ethyl adjacent to an activating group) is 1. The third-order valence-electron chi connectivity index (χ3n) is 6.78. The van der Waals surface area contributed by atoms with Crippen molar-refractivity contribution < 1.29 is 23.5 Å². The zero-order valence-corrected chi connectivity index (χ0v) is 24.4. The van der Waals surface area contributed by atoms with E-state index in [9.17, 15) is 9.59 Å². The molecule has 0 atom stereocenters. The number of esters is 1. The third-order valence-corrected chi connectivity index (χ3v) is 7.63. The molecule has 5 aromatic rings. The number of furan rings is 1. The van der Waals surface area contributed by atoms with Crippen molar-refractivity contribution in [2.45, 2.75) is 39.2 Å². The maximum atomic E-state index is 12.2. The van der Waals surface area contributed by atoms with E-state index in [1.165, 1.54) is 12.0 Å². The number of rotatable bonds is 8. The lowest BCUT2D eigenvalue weighted by Gasteiger charge is -2.13. The summed E-state index contributed by atoms with van der Waals surface area (Å²) in [5, 5.41) is 4.85. The highest BCUT2D eigenvalue weighted by atomic mass is 32.1. The van der Waals surface area contributed by atoms with Gasteiger partial charge in [-0.1, -0.05) is 26.8 Å². The first kappa shape index (κ1) is 27.5. The average molecular weight is 560 g/mol. The van der Waals surface area contributed by atoms with Crippen molar-refractivity contribution >= 4 is 45.1 Å². The summed E-state index contributed by atoms with van der Waals surface area (Å²) in [6.07, 6.45) is 2.11. The number of amides is 1. The molecule has 3 aromatic heterocycles. The first-order valence-electron chi connectivity index (χ1n) is 13.0. The van der Waals surface area contributed by atoms with Gasteiger partial charge in [-0.15, -0.1) is 11.3 Å². The molecule has 0 saturated carbocycles. The molecule has 8 nitrogen and oxygen atoms in total. The van der Waals surface area contributed by atoms with Gasteiger partial charge in [-0.25, -0.2) is 4.98 Å². The van der Waals surface area contributed by atoms with Crippen LogP contribution in [-0.2, 0) is 32.7 Å². The second kappa shape index (κ2) is 10.8. The van der Waals surface area contributed by atoms with E-state index in [1.807, 2.05) is 42.6 Å². The number of aromatic nitrogens is 2. The predicted molar refractivity (Wildman–Crippen MR) is 157 cm³/mol. The van der Waals surface area contributed by atoms with E-state index in [-0.39, 0.29) is 30.3 Å². The van der Waals surface area contributed by atoms with Crippen LogP contribution in [0.3, 0.4) is 0 Å². The Kier molecular flexibility index (Phi) is 7.42. The molecule has 0 fully saturated rings. The van der Waals surface area contributed by atoms with Crippen LogP contribution in [0.15, 0.2) is 58.5 Å². The highest BCUT2D eigenvalue weighted by Gasteiger charge is 2.20. The van der Waals surface area contributed by atoms with Crippen LogP contribution in [0.1, 0.15) is 37.6 Å². The molecule has 3 heterocycles. The number of fused-ring (bicyclic) bond motifs is 2. The Morgan fingerprint density at radius 1 is 1.10 bits per heavy atom. The highest BCUT2D eigenvalue weighted by molar-refractivity contribution is 7.13. The molecule has 2 aromatic carbocycles. The molecule has 208 valence electrons. The lowest BCUT2D eigenvalue weighted by molar-refractivity contribution is -0.139.